The molecular weight excluding hydrogens is 376 g/mol. The summed E-state index contributed by atoms with van der Waals surface area (Å²) in [6.07, 6.45) is 2.46. The molecule has 2 aromatic rings. The second kappa shape index (κ2) is 8.93. The van der Waals surface area contributed by atoms with E-state index in [-0.39, 0.29) is 18.7 Å². The molecule has 0 saturated carbocycles. The van der Waals surface area contributed by atoms with E-state index in [0.717, 1.165) is 11.1 Å². The van der Waals surface area contributed by atoms with E-state index in [1.54, 1.807) is 18.5 Å². The molecule has 1 aromatic carbocycles. The van der Waals surface area contributed by atoms with Gasteiger partial charge < -0.3 is 9.47 Å². The first-order valence-corrected chi connectivity index (χ1v) is 7.84. The Bertz CT molecular complexity index is 747. The van der Waals surface area contributed by atoms with Crippen LogP contribution in [0.25, 0.3) is 0 Å². The summed E-state index contributed by atoms with van der Waals surface area (Å²) in [6, 6.07) is 10.9. The number of aliphatic imine (C=N–C) groups is 1. The topological polar surface area (TPSA) is 77.9 Å². The molecule has 0 aliphatic carbocycles. The van der Waals surface area contributed by atoms with E-state index in [4.69, 9.17) is 4.74 Å². The molecule has 0 aliphatic rings. The minimum Gasteiger partial charge on any atom is -0.465 e. The van der Waals surface area contributed by atoms with E-state index in [9.17, 15) is 9.59 Å². The van der Waals surface area contributed by atoms with Gasteiger partial charge in [-0.05, 0) is 33.1 Å². The van der Waals surface area contributed by atoms with Crippen LogP contribution in [0.5, 0.6) is 0 Å². The van der Waals surface area contributed by atoms with E-state index in [1.165, 1.54) is 7.11 Å². The molecule has 124 valence electrons. The number of halogens is 1. The monoisotopic (exact) mass is 390 g/mol. The number of carbonyl (C=O) groups is 2. The van der Waals surface area contributed by atoms with Crippen LogP contribution in [0, 0.1) is 0 Å². The maximum atomic E-state index is 11.9. The van der Waals surface area contributed by atoms with Gasteiger partial charge in [0.2, 0.25) is 0 Å². The summed E-state index contributed by atoms with van der Waals surface area (Å²) in [7, 11) is 1.23. The van der Waals surface area contributed by atoms with Gasteiger partial charge in [-0.3, -0.25) is 4.98 Å². The summed E-state index contributed by atoms with van der Waals surface area (Å²) < 4.78 is 10.5. The third kappa shape index (κ3) is 5.27. The first kappa shape index (κ1) is 17.8. The zero-order valence-electron chi connectivity index (χ0n) is 12.9. The number of carbonyl (C=O) groups excluding carboxylic acids is 2. The molecule has 7 heteroatoms. The maximum Gasteiger partial charge on any atom is 0.434 e. The molecule has 24 heavy (non-hydrogen) atoms. The lowest BCUT2D eigenvalue weighted by Gasteiger charge is -2.07. The lowest BCUT2D eigenvalue weighted by Crippen LogP contribution is -2.20. The van der Waals surface area contributed by atoms with Crippen LogP contribution in [0.4, 0.5) is 4.79 Å². The lowest BCUT2D eigenvalue weighted by molar-refractivity contribution is -0.132. The van der Waals surface area contributed by atoms with Crippen molar-refractivity contribution in [3.05, 3.63) is 64.4 Å². The number of nitrogens with zero attached hydrogens (tertiary/aromatic N) is 2. The number of hydrogen-bond donors (Lipinski definition) is 0. The number of pyridine rings is 1. The number of hydrogen-bond acceptors (Lipinski definition) is 5. The van der Waals surface area contributed by atoms with Gasteiger partial charge in [-0.2, -0.15) is 4.99 Å². The van der Waals surface area contributed by atoms with Crippen molar-refractivity contribution in [2.24, 2.45) is 4.99 Å². The first-order chi connectivity index (χ1) is 11.6. The Labute approximate surface area is 147 Å². The van der Waals surface area contributed by atoms with Crippen LogP contribution in [0.2, 0.25) is 0 Å². The van der Waals surface area contributed by atoms with Gasteiger partial charge in [-0.15, -0.1) is 0 Å². The van der Waals surface area contributed by atoms with E-state index in [1.807, 2.05) is 30.3 Å². The number of amides is 1. The molecule has 0 saturated heterocycles. The van der Waals surface area contributed by atoms with E-state index >= 15 is 0 Å². The van der Waals surface area contributed by atoms with Gasteiger partial charge in [0.05, 0.1) is 7.11 Å². The summed E-state index contributed by atoms with van der Waals surface area (Å²) in [4.78, 5) is 31.4. The van der Waals surface area contributed by atoms with Crippen molar-refractivity contribution in [3.8, 4) is 0 Å². The summed E-state index contributed by atoms with van der Waals surface area (Å²) in [5, 5.41) is 0. The molecule has 0 bridgehead atoms. The van der Waals surface area contributed by atoms with Crippen LogP contribution >= 0.6 is 15.9 Å². The van der Waals surface area contributed by atoms with Crippen LogP contribution in [0.3, 0.4) is 0 Å². The fourth-order valence-electron chi connectivity index (χ4n) is 1.86. The van der Waals surface area contributed by atoms with Crippen LogP contribution in [0.15, 0.2) is 58.3 Å². The van der Waals surface area contributed by atoms with E-state index < -0.39 is 12.1 Å². The standard InChI is InChI=1S/C17H15BrN2O4/c1-23-16(21)15(9-13-7-8-19-10-14(13)18)20-17(22)24-11-12-5-3-2-4-6-12/h2-8,10H,9,11H2,1H3. The minimum atomic E-state index is -0.843. The van der Waals surface area contributed by atoms with Crippen LogP contribution in [-0.4, -0.2) is 29.9 Å². The summed E-state index contributed by atoms with van der Waals surface area (Å²) in [5.74, 6) is -0.685. The van der Waals surface area contributed by atoms with Gasteiger partial charge in [0.1, 0.15) is 12.3 Å². The molecule has 0 aliphatic heterocycles. The van der Waals surface area contributed by atoms with Gasteiger partial charge in [-0.25, -0.2) is 9.59 Å². The van der Waals surface area contributed by atoms with Crippen molar-refractivity contribution < 1.29 is 19.1 Å². The molecule has 0 atom stereocenters. The zero-order chi connectivity index (χ0) is 17.4. The van der Waals surface area contributed by atoms with Gasteiger partial charge in [-0.1, -0.05) is 30.3 Å². The highest BCUT2D eigenvalue weighted by Gasteiger charge is 2.17. The summed E-state index contributed by atoms with van der Waals surface area (Å²) >= 11 is 3.34. The second-order valence-corrected chi connectivity index (χ2v) is 5.59. The van der Waals surface area contributed by atoms with Crippen molar-refractivity contribution in [3.63, 3.8) is 0 Å². The largest absolute Gasteiger partial charge is 0.465 e. The Kier molecular flexibility index (Phi) is 6.62. The molecule has 0 unspecified atom stereocenters. The Morgan fingerprint density at radius 2 is 1.96 bits per heavy atom. The number of rotatable bonds is 5. The average molecular weight is 391 g/mol. The van der Waals surface area contributed by atoms with E-state index in [2.05, 4.69) is 30.6 Å². The predicted octanol–water partition coefficient (Wildman–Crippen LogP) is 3.34. The molecule has 1 heterocycles. The molecular formula is C17H15BrN2O4. The van der Waals surface area contributed by atoms with Crippen LogP contribution < -0.4 is 0 Å². The Morgan fingerprint density at radius 1 is 1.21 bits per heavy atom. The number of benzene rings is 1. The molecule has 0 N–H and O–H groups in total. The molecule has 0 spiro atoms. The first-order valence-electron chi connectivity index (χ1n) is 7.05. The zero-order valence-corrected chi connectivity index (χ0v) is 14.5. The average Bonchev–Trinajstić information content (AvgIpc) is 2.61. The van der Waals surface area contributed by atoms with Crippen LogP contribution in [-0.2, 0) is 27.3 Å². The highest BCUT2D eigenvalue weighted by atomic mass is 79.9. The van der Waals surface area contributed by atoms with Crippen LogP contribution in [0.1, 0.15) is 11.1 Å². The second-order valence-electron chi connectivity index (χ2n) is 4.73. The minimum absolute atomic E-state index is 0.0394. The van der Waals surface area contributed by atoms with Gasteiger partial charge in [0.15, 0.2) is 0 Å². The molecule has 0 fully saturated rings. The number of aromatic nitrogens is 1. The highest BCUT2D eigenvalue weighted by molar-refractivity contribution is 9.10. The molecule has 6 nitrogen and oxygen atoms in total. The normalized spacial score (nSPS) is 11.0. The fourth-order valence-corrected chi connectivity index (χ4v) is 2.26. The lowest BCUT2D eigenvalue weighted by atomic mass is 10.1. The molecule has 2 rings (SSSR count). The summed E-state index contributed by atoms with van der Waals surface area (Å²) in [5.41, 5.74) is 1.55. The number of ether oxygens (including phenoxy) is 2. The smallest absolute Gasteiger partial charge is 0.434 e. The van der Waals surface area contributed by atoms with E-state index in [0.29, 0.717) is 4.47 Å². The van der Waals surface area contributed by atoms with Gasteiger partial charge in [0.25, 0.3) is 0 Å². The van der Waals surface area contributed by atoms with Crippen molar-refractivity contribution in [2.75, 3.05) is 7.11 Å². The number of methoxy groups -OCH3 is 1. The Balaban J connectivity index is 2.09. The molecule has 1 aromatic heterocycles. The van der Waals surface area contributed by atoms with Crippen molar-refractivity contribution in [1.82, 2.24) is 4.98 Å². The Hall–Kier alpha value is -2.54. The third-order valence-corrected chi connectivity index (χ3v) is 3.78. The third-order valence-electron chi connectivity index (χ3n) is 3.07. The fraction of sp³-hybridized carbons (Fsp3) is 0.176. The SMILES string of the molecule is COC(=O)C(Cc1ccncc1Br)=NC(=O)OCc1ccccc1. The summed E-state index contributed by atoms with van der Waals surface area (Å²) in [6.45, 7) is 0.0799. The highest BCUT2D eigenvalue weighted by Crippen LogP contribution is 2.16. The van der Waals surface area contributed by atoms with Crippen molar-refractivity contribution in [2.45, 2.75) is 13.0 Å². The van der Waals surface area contributed by atoms with Crippen molar-refractivity contribution >= 4 is 33.7 Å². The van der Waals surface area contributed by atoms with Gasteiger partial charge in [0, 0.05) is 23.3 Å². The molecule has 0 radical (unpaired) electrons. The van der Waals surface area contributed by atoms with Gasteiger partial charge >= 0.3 is 12.1 Å². The predicted molar refractivity (Wildman–Crippen MR) is 91.7 cm³/mol. The number of esters is 1. The maximum absolute atomic E-state index is 11.9. The molecule has 1 amide bonds. The quantitative estimate of drug-likeness (QED) is 0.577. The van der Waals surface area contributed by atoms with Crippen molar-refractivity contribution in [1.29, 1.82) is 0 Å². The Morgan fingerprint density at radius 3 is 2.62 bits per heavy atom.